The first kappa shape index (κ1) is 17.5. The Kier molecular flexibility index (Phi) is 5.22. The molecule has 0 saturated carbocycles. The van der Waals surface area contributed by atoms with Gasteiger partial charge in [0.05, 0.1) is 0 Å². The van der Waals surface area contributed by atoms with Crippen molar-refractivity contribution >= 4 is 17.5 Å². The van der Waals surface area contributed by atoms with Crippen molar-refractivity contribution in [3.05, 3.63) is 76.9 Å². The van der Waals surface area contributed by atoms with E-state index in [2.05, 4.69) is 31.7 Å². The zero-order chi connectivity index (χ0) is 18.5. The number of rotatable bonds is 5. The van der Waals surface area contributed by atoms with Crippen molar-refractivity contribution in [2.75, 3.05) is 5.32 Å². The van der Waals surface area contributed by atoms with Gasteiger partial charge in [-0.3, -0.25) is 9.78 Å². The molecule has 0 bridgehead atoms. The van der Waals surface area contributed by atoms with Crippen LogP contribution >= 0.6 is 0 Å². The van der Waals surface area contributed by atoms with Crippen LogP contribution in [0.4, 0.5) is 11.6 Å². The number of hydrogen-bond acceptors (Lipinski definition) is 5. The molecule has 2 aromatic heterocycles. The number of anilines is 2. The second kappa shape index (κ2) is 7.74. The maximum atomic E-state index is 12.4. The van der Waals surface area contributed by atoms with Gasteiger partial charge in [-0.05, 0) is 50.1 Å². The number of nitrogens with one attached hydrogen (secondary N) is 2. The lowest BCUT2D eigenvalue weighted by atomic mass is 10.1. The number of carbonyl (C=O) groups is 1. The van der Waals surface area contributed by atoms with Gasteiger partial charge < -0.3 is 10.6 Å². The molecule has 0 spiro atoms. The first-order valence-electron chi connectivity index (χ1n) is 8.38. The van der Waals surface area contributed by atoms with Crippen LogP contribution in [0.3, 0.4) is 0 Å². The second-order valence-corrected chi connectivity index (χ2v) is 6.21. The summed E-state index contributed by atoms with van der Waals surface area (Å²) < 4.78 is 0. The molecule has 0 aliphatic carbocycles. The number of nitrogens with zero attached hydrogens (tertiary/aromatic N) is 3. The highest BCUT2D eigenvalue weighted by atomic mass is 16.1. The van der Waals surface area contributed by atoms with Crippen LogP contribution in [-0.2, 0) is 6.54 Å². The van der Waals surface area contributed by atoms with Crippen LogP contribution in [0.25, 0.3) is 0 Å². The summed E-state index contributed by atoms with van der Waals surface area (Å²) in [5.41, 5.74) is 5.18. The third-order valence-electron chi connectivity index (χ3n) is 3.89. The van der Waals surface area contributed by atoms with Gasteiger partial charge in [-0.2, -0.15) is 0 Å². The van der Waals surface area contributed by atoms with Gasteiger partial charge in [0, 0.05) is 30.3 Å². The van der Waals surface area contributed by atoms with Crippen molar-refractivity contribution in [2.45, 2.75) is 27.3 Å². The third kappa shape index (κ3) is 4.42. The highest BCUT2D eigenvalue weighted by molar-refractivity contribution is 5.92. The van der Waals surface area contributed by atoms with Gasteiger partial charge in [-0.1, -0.05) is 23.8 Å². The Bertz CT molecular complexity index is 925. The van der Waals surface area contributed by atoms with E-state index < -0.39 is 0 Å². The fourth-order valence-corrected chi connectivity index (χ4v) is 2.59. The van der Waals surface area contributed by atoms with E-state index in [0.717, 1.165) is 22.5 Å². The van der Waals surface area contributed by atoms with Gasteiger partial charge >= 0.3 is 0 Å². The molecule has 2 N–H and O–H groups in total. The lowest BCUT2D eigenvalue weighted by Gasteiger charge is -2.11. The summed E-state index contributed by atoms with van der Waals surface area (Å²) in [5, 5.41) is 6.05. The first-order chi connectivity index (χ1) is 12.5. The SMILES string of the molecule is Cc1ccc(Nc2nc(C)cc(C(=O)NCc3cccnc3)n2)c(C)c1. The Morgan fingerprint density at radius 1 is 1.08 bits per heavy atom. The van der Waals surface area contributed by atoms with E-state index in [9.17, 15) is 4.79 Å². The maximum Gasteiger partial charge on any atom is 0.270 e. The van der Waals surface area contributed by atoms with Crippen LogP contribution in [-0.4, -0.2) is 20.9 Å². The summed E-state index contributed by atoms with van der Waals surface area (Å²) in [6.45, 7) is 6.31. The van der Waals surface area contributed by atoms with Gasteiger partial charge in [-0.25, -0.2) is 9.97 Å². The molecule has 2 heterocycles. The average Bonchev–Trinajstić information content (AvgIpc) is 2.62. The van der Waals surface area contributed by atoms with Crippen LogP contribution in [0.2, 0.25) is 0 Å². The van der Waals surface area contributed by atoms with Crippen molar-refractivity contribution < 1.29 is 4.79 Å². The minimum absolute atomic E-state index is 0.247. The summed E-state index contributed by atoms with van der Waals surface area (Å²) in [6.07, 6.45) is 3.42. The minimum atomic E-state index is -0.247. The molecule has 0 aliphatic rings. The summed E-state index contributed by atoms with van der Waals surface area (Å²) in [6, 6.07) is 11.5. The Balaban J connectivity index is 1.75. The highest BCUT2D eigenvalue weighted by Crippen LogP contribution is 2.19. The monoisotopic (exact) mass is 347 g/mol. The molecular weight excluding hydrogens is 326 g/mol. The molecule has 0 saturated heterocycles. The van der Waals surface area contributed by atoms with Crippen LogP contribution < -0.4 is 10.6 Å². The summed E-state index contributed by atoms with van der Waals surface area (Å²) in [7, 11) is 0. The molecule has 1 aromatic carbocycles. The minimum Gasteiger partial charge on any atom is -0.347 e. The molecular formula is C20H21N5O. The molecule has 132 valence electrons. The van der Waals surface area contributed by atoms with E-state index in [4.69, 9.17) is 0 Å². The Morgan fingerprint density at radius 2 is 1.92 bits per heavy atom. The molecule has 26 heavy (non-hydrogen) atoms. The molecule has 6 heteroatoms. The van der Waals surface area contributed by atoms with Gasteiger partial charge in [0.15, 0.2) is 0 Å². The number of amides is 1. The quantitative estimate of drug-likeness (QED) is 0.739. The third-order valence-corrected chi connectivity index (χ3v) is 3.89. The Hall–Kier alpha value is -3.28. The van der Waals surface area contributed by atoms with Crippen molar-refractivity contribution in [2.24, 2.45) is 0 Å². The van der Waals surface area contributed by atoms with E-state index in [1.165, 1.54) is 5.56 Å². The van der Waals surface area contributed by atoms with Crippen LogP contribution in [0.5, 0.6) is 0 Å². The van der Waals surface area contributed by atoms with Gasteiger partial charge in [0.2, 0.25) is 5.95 Å². The number of carbonyl (C=O) groups excluding carboxylic acids is 1. The van der Waals surface area contributed by atoms with Gasteiger partial charge in [-0.15, -0.1) is 0 Å². The zero-order valence-corrected chi connectivity index (χ0v) is 15.1. The van der Waals surface area contributed by atoms with Crippen LogP contribution in [0.15, 0.2) is 48.8 Å². The zero-order valence-electron chi connectivity index (χ0n) is 15.1. The molecule has 3 rings (SSSR count). The smallest absolute Gasteiger partial charge is 0.270 e. The average molecular weight is 347 g/mol. The Labute approximate surface area is 152 Å². The topological polar surface area (TPSA) is 79.8 Å². The largest absolute Gasteiger partial charge is 0.347 e. The lowest BCUT2D eigenvalue weighted by Crippen LogP contribution is -2.24. The predicted octanol–water partition coefficient (Wildman–Crippen LogP) is 3.47. The molecule has 6 nitrogen and oxygen atoms in total. The fourth-order valence-electron chi connectivity index (χ4n) is 2.59. The van der Waals surface area contributed by atoms with Crippen molar-refractivity contribution in [1.29, 1.82) is 0 Å². The van der Waals surface area contributed by atoms with E-state index in [-0.39, 0.29) is 5.91 Å². The summed E-state index contributed by atoms with van der Waals surface area (Å²) in [5.74, 6) is 0.159. The Morgan fingerprint density at radius 3 is 2.65 bits per heavy atom. The molecule has 1 amide bonds. The standard InChI is InChI=1S/C20H21N5O/c1-13-6-7-17(14(2)9-13)24-20-23-15(3)10-18(25-20)19(26)22-12-16-5-4-8-21-11-16/h4-11H,12H2,1-3H3,(H,22,26)(H,23,24,25). The number of benzene rings is 1. The van der Waals surface area contributed by atoms with E-state index >= 15 is 0 Å². The number of aromatic nitrogens is 3. The van der Waals surface area contributed by atoms with Gasteiger partial charge in [0.25, 0.3) is 5.91 Å². The van der Waals surface area contributed by atoms with Crippen molar-refractivity contribution in [3.63, 3.8) is 0 Å². The lowest BCUT2D eigenvalue weighted by molar-refractivity contribution is 0.0945. The summed E-state index contributed by atoms with van der Waals surface area (Å²) in [4.78, 5) is 25.2. The second-order valence-electron chi connectivity index (χ2n) is 6.21. The normalized spacial score (nSPS) is 10.4. The molecule has 0 aliphatic heterocycles. The number of aryl methyl sites for hydroxylation is 3. The fraction of sp³-hybridized carbons (Fsp3) is 0.200. The van der Waals surface area contributed by atoms with Crippen molar-refractivity contribution in [3.8, 4) is 0 Å². The summed E-state index contributed by atoms with van der Waals surface area (Å²) >= 11 is 0. The number of pyridine rings is 1. The van der Waals surface area contributed by atoms with Gasteiger partial charge in [0.1, 0.15) is 5.69 Å². The first-order valence-corrected chi connectivity index (χ1v) is 8.38. The van der Waals surface area contributed by atoms with E-state index in [0.29, 0.717) is 18.2 Å². The van der Waals surface area contributed by atoms with E-state index in [1.807, 2.05) is 45.0 Å². The molecule has 0 fully saturated rings. The predicted molar refractivity (Wildman–Crippen MR) is 101 cm³/mol. The van der Waals surface area contributed by atoms with E-state index in [1.54, 1.807) is 18.5 Å². The number of hydrogen-bond donors (Lipinski definition) is 2. The molecule has 0 unspecified atom stereocenters. The highest BCUT2D eigenvalue weighted by Gasteiger charge is 2.11. The molecule has 0 radical (unpaired) electrons. The molecule has 3 aromatic rings. The van der Waals surface area contributed by atoms with Crippen molar-refractivity contribution in [1.82, 2.24) is 20.3 Å². The van der Waals surface area contributed by atoms with Crippen LogP contribution in [0.1, 0.15) is 32.9 Å². The maximum absolute atomic E-state index is 12.4. The molecule has 0 atom stereocenters. The van der Waals surface area contributed by atoms with Crippen LogP contribution in [0, 0.1) is 20.8 Å².